The summed E-state index contributed by atoms with van der Waals surface area (Å²) in [6, 6.07) is 0. The van der Waals surface area contributed by atoms with Crippen molar-refractivity contribution in [2.75, 3.05) is 47.0 Å². The van der Waals surface area contributed by atoms with Crippen LogP contribution in [0.5, 0.6) is 0 Å². The number of amides is 1. The Morgan fingerprint density at radius 3 is 1.65 bits per heavy atom. The average Bonchev–Trinajstić information content (AvgIpc) is 2.79. The minimum absolute atomic E-state index is 0.157. The maximum atomic E-state index is 11.8. The third-order valence-corrected chi connectivity index (χ3v) is 6.28. The molecule has 0 fully saturated rings. The fourth-order valence-corrected chi connectivity index (χ4v) is 4.04. The molecule has 0 radical (unpaired) electrons. The molecule has 0 saturated carbocycles. The van der Waals surface area contributed by atoms with E-state index in [1.54, 1.807) is 0 Å². The second kappa shape index (κ2) is 23.9. The van der Waals surface area contributed by atoms with Gasteiger partial charge in [-0.25, -0.2) is 4.79 Å². The largest absolute Gasteiger partial charge is 0.449 e. The summed E-state index contributed by atoms with van der Waals surface area (Å²) in [7, 11) is 4.06. The van der Waals surface area contributed by atoms with Crippen molar-refractivity contribution in [3.8, 4) is 0 Å². The van der Waals surface area contributed by atoms with Crippen LogP contribution in [-0.2, 0) is 9.47 Å². The highest BCUT2D eigenvalue weighted by atomic mass is 16.6. The van der Waals surface area contributed by atoms with E-state index in [9.17, 15) is 4.79 Å². The first kappa shape index (κ1) is 33.2. The van der Waals surface area contributed by atoms with Crippen LogP contribution in [-0.4, -0.2) is 58.0 Å². The van der Waals surface area contributed by atoms with E-state index in [2.05, 4.69) is 31.0 Å². The topological polar surface area (TPSA) is 50.8 Å². The summed E-state index contributed by atoms with van der Waals surface area (Å²) in [5.41, 5.74) is -0.157. The molecule has 0 rings (SSSR count). The van der Waals surface area contributed by atoms with E-state index >= 15 is 0 Å². The van der Waals surface area contributed by atoms with E-state index in [4.69, 9.17) is 9.47 Å². The van der Waals surface area contributed by atoms with Gasteiger partial charge in [-0.05, 0) is 33.5 Å². The first-order valence-corrected chi connectivity index (χ1v) is 14.5. The van der Waals surface area contributed by atoms with Crippen LogP contribution in [0.4, 0.5) is 4.79 Å². The molecule has 0 aliphatic heterocycles. The van der Waals surface area contributed by atoms with Crippen molar-refractivity contribution >= 4 is 6.09 Å². The maximum Gasteiger partial charge on any atom is 0.407 e. The van der Waals surface area contributed by atoms with Crippen molar-refractivity contribution in [1.29, 1.82) is 0 Å². The van der Waals surface area contributed by atoms with Crippen molar-refractivity contribution in [2.24, 2.45) is 5.41 Å². The second-order valence-corrected chi connectivity index (χ2v) is 11.2. The lowest BCUT2D eigenvalue weighted by Crippen LogP contribution is -2.33. The Balaban J connectivity index is 3.36. The molecule has 1 amide bonds. The summed E-state index contributed by atoms with van der Waals surface area (Å²) >= 11 is 0. The van der Waals surface area contributed by atoms with E-state index in [1.165, 1.54) is 96.3 Å². The SMILES string of the molecule is CCCCCCCCCCCCCCCCCCOCC(C)(C)COC(=O)NCCCN(C)C. The van der Waals surface area contributed by atoms with Crippen molar-refractivity contribution in [2.45, 2.75) is 130 Å². The van der Waals surface area contributed by atoms with Gasteiger partial charge in [-0.1, -0.05) is 117 Å². The normalized spacial score (nSPS) is 11.8. The highest BCUT2D eigenvalue weighted by Gasteiger charge is 2.20. The lowest BCUT2D eigenvalue weighted by atomic mass is 9.96. The molecule has 5 nitrogen and oxygen atoms in total. The van der Waals surface area contributed by atoms with Crippen molar-refractivity contribution in [1.82, 2.24) is 10.2 Å². The predicted molar refractivity (Wildman–Crippen MR) is 147 cm³/mol. The lowest BCUT2D eigenvalue weighted by Gasteiger charge is -2.24. The van der Waals surface area contributed by atoms with Crippen molar-refractivity contribution < 1.29 is 14.3 Å². The van der Waals surface area contributed by atoms with E-state index < -0.39 is 0 Å². The van der Waals surface area contributed by atoms with E-state index in [0.29, 0.717) is 19.8 Å². The fourth-order valence-electron chi connectivity index (χ4n) is 4.04. The Morgan fingerprint density at radius 2 is 1.18 bits per heavy atom. The zero-order valence-electron chi connectivity index (χ0n) is 23.7. The number of nitrogens with zero attached hydrogens (tertiary/aromatic N) is 1. The van der Waals surface area contributed by atoms with Gasteiger partial charge in [0, 0.05) is 18.6 Å². The van der Waals surface area contributed by atoms with Crippen LogP contribution in [0, 0.1) is 5.41 Å². The summed E-state index contributed by atoms with van der Waals surface area (Å²) in [5.74, 6) is 0. The van der Waals surface area contributed by atoms with Gasteiger partial charge >= 0.3 is 6.09 Å². The molecule has 0 bridgehead atoms. The molecule has 5 heteroatoms. The van der Waals surface area contributed by atoms with Gasteiger partial charge in [0.1, 0.15) is 6.61 Å². The van der Waals surface area contributed by atoms with Gasteiger partial charge in [0.05, 0.1) is 6.61 Å². The molecule has 0 aliphatic carbocycles. The average molecular weight is 485 g/mol. The molecule has 0 aromatic carbocycles. The zero-order valence-corrected chi connectivity index (χ0v) is 23.7. The monoisotopic (exact) mass is 484 g/mol. The molecular weight excluding hydrogens is 424 g/mol. The molecule has 0 aliphatic rings. The molecule has 0 aromatic heterocycles. The predicted octanol–water partition coefficient (Wildman–Crippen LogP) is 7.97. The Hall–Kier alpha value is -0.810. The first-order chi connectivity index (χ1) is 16.4. The number of rotatable bonds is 25. The summed E-state index contributed by atoms with van der Waals surface area (Å²) in [6.45, 7) is 9.87. The molecule has 0 heterocycles. The summed E-state index contributed by atoms with van der Waals surface area (Å²) in [4.78, 5) is 13.9. The minimum Gasteiger partial charge on any atom is -0.449 e. The molecule has 204 valence electrons. The van der Waals surface area contributed by atoms with E-state index in [1.807, 2.05) is 14.1 Å². The zero-order chi connectivity index (χ0) is 25.3. The number of hydrogen-bond acceptors (Lipinski definition) is 4. The van der Waals surface area contributed by atoms with Gasteiger partial charge in [-0.2, -0.15) is 0 Å². The second-order valence-electron chi connectivity index (χ2n) is 11.2. The van der Waals surface area contributed by atoms with Gasteiger partial charge in [0.25, 0.3) is 0 Å². The molecule has 34 heavy (non-hydrogen) atoms. The van der Waals surface area contributed by atoms with Gasteiger partial charge in [0.2, 0.25) is 0 Å². The summed E-state index contributed by atoms with van der Waals surface area (Å²) < 4.78 is 11.2. The molecule has 0 spiro atoms. The molecule has 1 N–H and O–H groups in total. The van der Waals surface area contributed by atoms with Crippen molar-refractivity contribution in [3.05, 3.63) is 0 Å². The van der Waals surface area contributed by atoms with Gasteiger partial charge < -0.3 is 19.7 Å². The first-order valence-electron chi connectivity index (χ1n) is 14.5. The van der Waals surface area contributed by atoms with Crippen LogP contribution in [0.1, 0.15) is 130 Å². The standard InChI is InChI=1S/C29H60N2O3/c1-6-7-8-9-10-11-12-13-14-15-16-17-18-19-20-21-25-33-26-29(2,3)27-34-28(32)30-23-22-24-31(4)5/h6-27H2,1-5H3,(H,30,32). The lowest BCUT2D eigenvalue weighted by molar-refractivity contribution is 0.0179. The van der Waals surface area contributed by atoms with Crippen LogP contribution < -0.4 is 5.32 Å². The van der Waals surface area contributed by atoms with E-state index in [-0.39, 0.29) is 11.5 Å². The third kappa shape index (κ3) is 25.8. The third-order valence-electron chi connectivity index (χ3n) is 6.28. The fraction of sp³-hybridized carbons (Fsp3) is 0.966. The van der Waals surface area contributed by atoms with Crippen LogP contribution in [0.3, 0.4) is 0 Å². The smallest absolute Gasteiger partial charge is 0.407 e. The number of hydrogen-bond donors (Lipinski definition) is 1. The van der Waals surface area contributed by atoms with Gasteiger partial charge in [-0.15, -0.1) is 0 Å². The Morgan fingerprint density at radius 1 is 0.706 bits per heavy atom. The molecular formula is C29H60N2O3. The quantitative estimate of drug-likeness (QED) is 0.133. The van der Waals surface area contributed by atoms with Gasteiger partial charge in [-0.3, -0.25) is 0 Å². The number of unbranched alkanes of at least 4 members (excludes halogenated alkanes) is 15. The molecule has 0 aromatic rings. The number of ether oxygens (including phenoxy) is 2. The minimum atomic E-state index is -0.329. The number of alkyl carbamates (subject to hydrolysis) is 1. The van der Waals surface area contributed by atoms with Crippen LogP contribution in [0.25, 0.3) is 0 Å². The number of carbonyl (C=O) groups is 1. The summed E-state index contributed by atoms with van der Waals surface area (Å²) in [6.07, 6.45) is 22.7. The Labute approximate surface area is 213 Å². The van der Waals surface area contributed by atoms with Crippen LogP contribution in [0.15, 0.2) is 0 Å². The Kier molecular flexibility index (Phi) is 23.3. The van der Waals surface area contributed by atoms with Gasteiger partial charge in [0.15, 0.2) is 0 Å². The number of carbonyl (C=O) groups excluding carboxylic acids is 1. The maximum absolute atomic E-state index is 11.8. The van der Waals surface area contributed by atoms with Crippen LogP contribution in [0.2, 0.25) is 0 Å². The van der Waals surface area contributed by atoms with Crippen LogP contribution >= 0.6 is 0 Å². The van der Waals surface area contributed by atoms with Crippen molar-refractivity contribution in [3.63, 3.8) is 0 Å². The highest BCUT2D eigenvalue weighted by molar-refractivity contribution is 5.67. The number of nitrogens with one attached hydrogen (secondary N) is 1. The molecule has 0 unspecified atom stereocenters. The molecule has 0 saturated heterocycles. The summed E-state index contributed by atoms with van der Waals surface area (Å²) in [5, 5.41) is 2.81. The Bertz CT molecular complexity index is 441. The highest BCUT2D eigenvalue weighted by Crippen LogP contribution is 2.17. The molecule has 0 atom stereocenters. The van der Waals surface area contributed by atoms with E-state index in [0.717, 1.165) is 26.0 Å².